The van der Waals surface area contributed by atoms with Crippen molar-refractivity contribution in [3.63, 3.8) is 0 Å². The summed E-state index contributed by atoms with van der Waals surface area (Å²) in [5, 5.41) is 9.33. The van der Waals surface area contributed by atoms with Gasteiger partial charge in [-0.3, -0.25) is 9.59 Å². The Bertz CT molecular complexity index is 1490. The summed E-state index contributed by atoms with van der Waals surface area (Å²) >= 11 is 0. The minimum Gasteiger partial charge on any atom is -0.481 e. The molecule has 2 aromatic rings. The summed E-state index contributed by atoms with van der Waals surface area (Å²) in [6, 6.07) is 5.21. The molecule has 0 unspecified atom stereocenters. The van der Waals surface area contributed by atoms with E-state index >= 15 is 0 Å². The first-order valence-electron chi connectivity index (χ1n) is 13.3. The molecule has 0 aromatic heterocycles. The van der Waals surface area contributed by atoms with Crippen LogP contribution in [-0.2, 0) is 34.6 Å². The lowest BCUT2D eigenvalue weighted by molar-refractivity contribution is -0.348. The molecule has 0 spiro atoms. The number of alkyl halides is 7. The number of hydrogen-bond donors (Lipinski definition) is 1. The molecule has 242 valence electrons. The van der Waals surface area contributed by atoms with E-state index in [1.54, 1.807) is 0 Å². The van der Waals surface area contributed by atoms with Crippen LogP contribution in [0.25, 0.3) is 0 Å². The number of sulfone groups is 1. The predicted molar refractivity (Wildman–Crippen MR) is 137 cm³/mol. The molecule has 2 aliphatic rings. The summed E-state index contributed by atoms with van der Waals surface area (Å²) in [5.74, 6) is -3.24. The second-order valence-corrected chi connectivity index (χ2v) is 13.2. The predicted octanol–water partition coefficient (Wildman–Crippen LogP) is 5.68. The number of halogens is 8. The molecular formula is C28H27F8NO6S. The van der Waals surface area contributed by atoms with Crippen molar-refractivity contribution in [2.24, 2.45) is 5.92 Å². The molecule has 2 fully saturated rings. The van der Waals surface area contributed by atoms with E-state index in [1.165, 1.54) is 7.11 Å². The lowest BCUT2D eigenvalue weighted by Gasteiger charge is -2.39. The number of carboxylic acid groups (broad SMARTS) is 1. The van der Waals surface area contributed by atoms with Gasteiger partial charge in [0, 0.05) is 25.8 Å². The van der Waals surface area contributed by atoms with Crippen LogP contribution in [0.15, 0.2) is 53.4 Å². The third-order valence-corrected chi connectivity index (χ3v) is 11.2. The summed E-state index contributed by atoms with van der Waals surface area (Å²) in [6.07, 6.45) is -13.0. The summed E-state index contributed by atoms with van der Waals surface area (Å²) in [4.78, 5) is 25.9. The van der Waals surface area contributed by atoms with Crippen LogP contribution < -0.4 is 0 Å². The summed E-state index contributed by atoms with van der Waals surface area (Å²) in [7, 11) is -3.40. The molecule has 16 heteroatoms. The molecule has 1 aliphatic heterocycles. The number of ether oxygens (including phenoxy) is 1. The van der Waals surface area contributed by atoms with Gasteiger partial charge in [0.25, 0.3) is 5.91 Å². The van der Waals surface area contributed by atoms with Crippen LogP contribution in [0.1, 0.15) is 43.2 Å². The van der Waals surface area contributed by atoms with Crippen molar-refractivity contribution < 1.29 is 63.0 Å². The molecule has 44 heavy (non-hydrogen) atoms. The number of rotatable bonds is 7. The van der Waals surface area contributed by atoms with E-state index in [0.29, 0.717) is 12.1 Å². The van der Waals surface area contributed by atoms with E-state index in [9.17, 15) is 58.2 Å². The monoisotopic (exact) mass is 657 g/mol. The number of benzene rings is 2. The Morgan fingerprint density at radius 2 is 1.41 bits per heavy atom. The van der Waals surface area contributed by atoms with E-state index in [4.69, 9.17) is 4.74 Å². The lowest BCUT2D eigenvalue weighted by Crippen LogP contribution is -2.53. The zero-order chi connectivity index (χ0) is 32.9. The Morgan fingerprint density at radius 1 is 0.886 bits per heavy atom. The lowest BCUT2D eigenvalue weighted by atomic mass is 9.78. The van der Waals surface area contributed by atoms with Gasteiger partial charge in [-0.05, 0) is 61.9 Å². The number of carbonyl (C=O) groups excluding carboxylic acids is 1. The average molecular weight is 658 g/mol. The highest BCUT2D eigenvalue weighted by Gasteiger charge is 2.73. The van der Waals surface area contributed by atoms with Gasteiger partial charge in [-0.2, -0.15) is 26.3 Å². The number of carbonyl (C=O) groups is 2. The molecule has 1 saturated heterocycles. The van der Waals surface area contributed by atoms with Crippen molar-refractivity contribution >= 4 is 21.7 Å². The van der Waals surface area contributed by atoms with E-state index in [-0.39, 0.29) is 56.3 Å². The largest absolute Gasteiger partial charge is 0.481 e. The van der Waals surface area contributed by atoms with Crippen LogP contribution in [0.2, 0.25) is 0 Å². The number of hydrogen-bond acceptors (Lipinski definition) is 5. The maximum atomic E-state index is 14.7. The zero-order valence-electron chi connectivity index (χ0n) is 23.0. The van der Waals surface area contributed by atoms with Crippen molar-refractivity contribution in [2.75, 3.05) is 20.2 Å². The minimum absolute atomic E-state index is 0.00429. The summed E-state index contributed by atoms with van der Waals surface area (Å²) in [5.41, 5.74) is -9.40. The van der Waals surface area contributed by atoms with Crippen LogP contribution >= 0.6 is 0 Å². The first kappa shape index (κ1) is 33.6. The van der Waals surface area contributed by atoms with Crippen LogP contribution in [0.4, 0.5) is 35.1 Å². The van der Waals surface area contributed by atoms with Crippen LogP contribution in [-0.4, -0.2) is 68.5 Å². The van der Waals surface area contributed by atoms with Gasteiger partial charge in [0.1, 0.15) is 16.2 Å². The molecule has 1 heterocycles. The molecule has 2 aromatic carbocycles. The Balaban J connectivity index is 1.79. The Kier molecular flexibility index (Phi) is 8.61. The molecule has 1 aliphatic carbocycles. The first-order valence-corrected chi connectivity index (χ1v) is 14.7. The molecule has 7 nitrogen and oxygen atoms in total. The van der Waals surface area contributed by atoms with Gasteiger partial charge in [-0.1, -0.05) is 24.3 Å². The van der Waals surface area contributed by atoms with Gasteiger partial charge in [0.15, 0.2) is 9.84 Å². The molecule has 1 atom stereocenters. The Morgan fingerprint density at radius 3 is 1.86 bits per heavy atom. The molecule has 0 radical (unpaired) electrons. The zero-order valence-corrected chi connectivity index (χ0v) is 23.8. The SMILES string of the molecule is COC1(C(=O)N2CC[C@@](c3ccc(C(F)(C(F)(F)F)C(F)(F)F)cc3)(S(=O)(=O)c3ccc(F)cc3)C2)CCC(C(=O)O)CC1. The summed E-state index contributed by atoms with van der Waals surface area (Å²) in [6.45, 7) is -0.871. The molecule has 1 saturated carbocycles. The van der Waals surface area contributed by atoms with E-state index < -0.39 is 78.8 Å². The van der Waals surface area contributed by atoms with E-state index in [0.717, 1.165) is 29.2 Å². The second kappa shape index (κ2) is 11.3. The number of nitrogens with zero attached hydrogens (tertiary/aromatic N) is 1. The van der Waals surface area contributed by atoms with Crippen molar-refractivity contribution in [3.8, 4) is 0 Å². The fourth-order valence-corrected chi connectivity index (χ4v) is 8.10. The topological polar surface area (TPSA) is 101 Å². The highest BCUT2D eigenvalue weighted by molar-refractivity contribution is 7.92. The van der Waals surface area contributed by atoms with Crippen LogP contribution in [0, 0.1) is 11.7 Å². The number of carboxylic acids is 1. The number of amides is 1. The maximum Gasteiger partial charge on any atom is 0.435 e. The highest BCUT2D eigenvalue weighted by Crippen LogP contribution is 2.54. The second-order valence-electron chi connectivity index (χ2n) is 11.0. The molecule has 1 amide bonds. The molecule has 4 rings (SSSR count). The fraction of sp³-hybridized carbons (Fsp3) is 0.500. The van der Waals surface area contributed by atoms with Crippen molar-refractivity contribution in [3.05, 3.63) is 65.5 Å². The molecule has 1 N–H and O–H groups in total. The Hall–Kier alpha value is -3.27. The van der Waals surface area contributed by atoms with Gasteiger partial charge < -0.3 is 14.7 Å². The van der Waals surface area contributed by atoms with Crippen LogP contribution in [0.5, 0.6) is 0 Å². The number of aliphatic carboxylic acids is 1. The first-order chi connectivity index (χ1) is 20.3. The van der Waals surface area contributed by atoms with Gasteiger partial charge in [-0.15, -0.1) is 0 Å². The fourth-order valence-electron chi connectivity index (χ4n) is 6.02. The van der Waals surface area contributed by atoms with Crippen molar-refractivity contribution in [1.29, 1.82) is 0 Å². The highest BCUT2D eigenvalue weighted by atomic mass is 32.2. The third kappa shape index (κ3) is 5.33. The third-order valence-electron chi connectivity index (χ3n) is 8.67. The van der Waals surface area contributed by atoms with Gasteiger partial charge in [-0.25, -0.2) is 17.2 Å². The molecule has 0 bridgehead atoms. The normalized spacial score (nSPS) is 25.2. The van der Waals surface area contributed by atoms with Crippen molar-refractivity contribution in [1.82, 2.24) is 4.90 Å². The van der Waals surface area contributed by atoms with Crippen LogP contribution in [0.3, 0.4) is 0 Å². The standard InChI is InChI=1S/C28H27F8NO6S/c1-43-24(12-10-17(11-13-24)22(38)39)23(40)37-15-14-25(16-37,44(41,42)21-8-6-20(29)7-9-21)18-2-4-19(5-3-18)26(30,27(31,32)33)28(34,35)36/h2-9,17H,10-16H2,1H3,(H,38,39)/t17?,24?,25-/m1/s1. The van der Waals surface area contributed by atoms with Gasteiger partial charge in [0.05, 0.1) is 10.8 Å². The Labute approximate surface area is 246 Å². The van der Waals surface area contributed by atoms with Gasteiger partial charge in [0.2, 0.25) is 0 Å². The quantitative estimate of drug-likeness (QED) is 0.304. The minimum atomic E-state index is -6.39. The average Bonchev–Trinajstić information content (AvgIpc) is 3.43. The van der Waals surface area contributed by atoms with E-state index in [1.807, 2.05) is 0 Å². The van der Waals surface area contributed by atoms with E-state index in [2.05, 4.69) is 0 Å². The number of likely N-dealkylation sites (tertiary alicyclic amines) is 1. The number of methoxy groups -OCH3 is 1. The van der Waals surface area contributed by atoms with Crippen molar-refractivity contribution in [2.45, 2.75) is 65.4 Å². The maximum absolute atomic E-state index is 14.7. The van der Waals surface area contributed by atoms with Gasteiger partial charge >= 0.3 is 24.0 Å². The summed E-state index contributed by atoms with van der Waals surface area (Å²) < 4.78 is 140. The molecular weight excluding hydrogens is 630 g/mol. The smallest absolute Gasteiger partial charge is 0.435 e.